The van der Waals surface area contributed by atoms with Crippen molar-refractivity contribution in [3.8, 4) is 17.0 Å². The van der Waals surface area contributed by atoms with Crippen LogP contribution in [-0.2, 0) is 11.3 Å². The molecule has 3 aromatic heterocycles. The Morgan fingerprint density at radius 3 is 2.97 bits per heavy atom. The van der Waals surface area contributed by atoms with E-state index < -0.39 is 37.2 Å². The van der Waals surface area contributed by atoms with Crippen molar-refractivity contribution >= 4 is 22.5 Å². The highest BCUT2D eigenvalue weighted by Crippen LogP contribution is 2.31. The Kier molecular flexibility index (Phi) is 6.27. The molecule has 0 bridgehead atoms. The number of imidazole rings is 1. The number of aliphatic hydroxyl groups is 1. The average Bonchev–Trinajstić information content (AvgIpc) is 3.49. The number of aliphatic hydroxyl groups excluding tert-OH is 1. The summed E-state index contributed by atoms with van der Waals surface area (Å²) in [5.74, 6) is -0.979. The van der Waals surface area contributed by atoms with Gasteiger partial charge in [0.15, 0.2) is 11.3 Å². The summed E-state index contributed by atoms with van der Waals surface area (Å²) in [5.41, 5.74) is 1.88. The molecule has 2 N–H and O–H groups in total. The van der Waals surface area contributed by atoms with Crippen molar-refractivity contribution < 1.29 is 27.8 Å². The quantitative estimate of drug-likeness (QED) is 0.413. The highest BCUT2D eigenvalue weighted by Gasteiger charge is 2.31. The van der Waals surface area contributed by atoms with Crippen molar-refractivity contribution in [3.05, 3.63) is 42.2 Å². The second-order valence-corrected chi connectivity index (χ2v) is 8.30. The van der Waals surface area contributed by atoms with E-state index in [9.17, 15) is 18.0 Å². The number of amides is 1. The third-order valence-corrected chi connectivity index (χ3v) is 6.14. The fourth-order valence-electron chi connectivity index (χ4n) is 4.36. The van der Waals surface area contributed by atoms with Crippen LogP contribution in [0.5, 0.6) is 5.88 Å². The molecule has 1 aliphatic heterocycles. The van der Waals surface area contributed by atoms with Crippen LogP contribution in [0.2, 0.25) is 0 Å². The molecule has 1 saturated heterocycles. The maximum atomic E-state index is 14.8. The summed E-state index contributed by atoms with van der Waals surface area (Å²) in [5, 5.41) is 11.9. The van der Waals surface area contributed by atoms with Crippen LogP contribution in [0.3, 0.4) is 0 Å². The van der Waals surface area contributed by atoms with E-state index in [2.05, 4.69) is 32.3 Å². The normalized spacial score (nSPS) is 18.7. The zero-order valence-electron chi connectivity index (χ0n) is 19.2. The van der Waals surface area contributed by atoms with Crippen molar-refractivity contribution in [1.29, 1.82) is 0 Å². The van der Waals surface area contributed by atoms with Crippen molar-refractivity contribution in [3.63, 3.8) is 0 Å². The maximum absolute atomic E-state index is 14.8. The van der Waals surface area contributed by atoms with Gasteiger partial charge in [-0.3, -0.25) is 9.89 Å². The van der Waals surface area contributed by atoms with Gasteiger partial charge in [0.2, 0.25) is 17.4 Å². The SMILES string of the molecule is COc1nc(=N[C@H]2CCN(C(=O)CO)C[C@H]2F)[nH]n2c#cc(-c3cc(F)c4ncn(CCF)c4c3)c12. The summed E-state index contributed by atoms with van der Waals surface area (Å²) in [6, 6.07) is 5.15. The number of alkyl halides is 2. The van der Waals surface area contributed by atoms with Gasteiger partial charge in [-0.1, -0.05) is 0 Å². The number of carbonyl (C=O) groups excluding carboxylic acids is 1. The lowest BCUT2D eigenvalue weighted by Gasteiger charge is -2.32. The lowest BCUT2D eigenvalue weighted by molar-refractivity contribution is -0.136. The van der Waals surface area contributed by atoms with Crippen LogP contribution >= 0.6 is 0 Å². The van der Waals surface area contributed by atoms with E-state index in [0.29, 0.717) is 22.2 Å². The third kappa shape index (κ3) is 4.13. The van der Waals surface area contributed by atoms with Gasteiger partial charge < -0.3 is 19.3 Å². The van der Waals surface area contributed by atoms with E-state index in [1.165, 1.54) is 33.5 Å². The number of ether oxygens (including phenoxy) is 1. The minimum absolute atomic E-state index is 0.0396. The molecule has 1 aliphatic rings. The van der Waals surface area contributed by atoms with Gasteiger partial charge in [-0.25, -0.2) is 27.7 Å². The van der Waals surface area contributed by atoms with Gasteiger partial charge >= 0.3 is 0 Å². The largest absolute Gasteiger partial charge is 0.479 e. The first-order chi connectivity index (χ1) is 17.4. The van der Waals surface area contributed by atoms with Crippen LogP contribution in [0, 0.1) is 18.1 Å². The molecular formula is C23H22F3N7O3. The van der Waals surface area contributed by atoms with Gasteiger partial charge in [0.05, 0.1) is 43.6 Å². The molecule has 36 heavy (non-hydrogen) atoms. The van der Waals surface area contributed by atoms with Gasteiger partial charge in [0.1, 0.15) is 25.0 Å². The summed E-state index contributed by atoms with van der Waals surface area (Å²) < 4.78 is 50.8. The van der Waals surface area contributed by atoms with Gasteiger partial charge in [-0.15, -0.1) is 0 Å². The summed E-state index contributed by atoms with van der Waals surface area (Å²) in [6.45, 7) is -1.17. The molecule has 4 heterocycles. The number of carbonyl (C=O) groups is 1. The predicted octanol–water partition coefficient (Wildman–Crippen LogP) is 1.23. The molecule has 1 fully saturated rings. The zero-order valence-corrected chi connectivity index (χ0v) is 19.2. The first kappa shape index (κ1) is 23.7. The molecule has 2 atom stereocenters. The Morgan fingerprint density at radius 2 is 2.25 bits per heavy atom. The Morgan fingerprint density at radius 1 is 1.42 bits per heavy atom. The van der Waals surface area contributed by atoms with E-state index in [4.69, 9.17) is 9.84 Å². The molecule has 0 aliphatic carbocycles. The Hall–Kier alpha value is -4.05. The number of halogens is 3. The van der Waals surface area contributed by atoms with Crippen molar-refractivity contribution in [2.24, 2.45) is 4.99 Å². The molecule has 188 valence electrons. The highest BCUT2D eigenvalue weighted by atomic mass is 19.1. The predicted molar refractivity (Wildman–Crippen MR) is 121 cm³/mol. The molecule has 0 saturated carbocycles. The molecule has 5 rings (SSSR count). The number of rotatable bonds is 6. The third-order valence-electron chi connectivity index (χ3n) is 6.14. The highest BCUT2D eigenvalue weighted by molar-refractivity contribution is 5.88. The fourth-order valence-corrected chi connectivity index (χ4v) is 4.36. The van der Waals surface area contributed by atoms with Crippen molar-refractivity contribution in [1.82, 2.24) is 29.0 Å². The topological polar surface area (TPSA) is 113 Å². The van der Waals surface area contributed by atoms with E-state index >= 15 is 0 Å². The summed E-state index contributed by atoms with van der Waals surface area (Å²) in [7, 11) is 1.40. The maximum Gasteiger partial charge on any atom is 0.248 e. The van der Waals surface area contributed by atoms with Crippen LogP contribution in [0.1, 0.15) is 6.42 Å². The van der Waals surface area contributed by atoms with Crippen LogP contribution in [0.15, 0.2) is 23.5 Å². The number of H-pyrrole nitrogens is 1. The first-order valence-corrected chi connectivity index (χ1v) is 11.2. The van der Waals surface area contributed by atoms with Crippen LogP contribution in [0.4, 0.5) is 13.2 Å². The van der Waals surface area contributed by atoms with Gasteiger partial charge in [-0.05, 0) is 30.2 Å². The summed E-state index contributed by atoms with van der Waals surface area (Å²) in [4.78, 5) is 25.6. The van der Waals surface area contributed by atoms with Crippen LogP contribution < -0.4 is 10.4 Å². The monoisotopic (exact) mass is 501 g/mol. The Bertz CT molecular complexity index is 1500. The Balaban J connectivity index is 1.53. The zero-order chi connectivity index (χ0) is 25.4. The summed E-state index contributed by atoms with van der Waals surface area (Å²) >= 11 is 0. The van der Waals surface area contributed by atoms with E-state index in [1.54, 1.807) is 6.07 Å². The molecule has 1 aromatic carbocycles. The number of nitrogens with zero attached hydrogens (tertiary/aromatic N) is 6. The number of hydrogen-bond donors (Lipinski definition) is 2. The number of benzene rings is 1. The number of piperidine rings is 1. The number of nitrogens with one attached hydrogen (secondary N) is 1. The van der Waals surface area contributed by atoms with E-state index in [0.717, 1.165) is 0 Å². The number of aromatic amines is 1. The lowest BCUT2D eigenvalue weighted by atomic mass is 10.0. The van der Waals surface area contributed by atoms with Crippen LogP contribution in [-0.4, -0.2) is 85.8 Å². The molecule has 0 radical (unpaired) electrons. The first-order valence-electron chi connectivity index (χ1n) is 11.2. The second kappa shape index (κ2) is 9.54. The van der Waals surface area contributed by atoms with Gasteiger partial charge in [0.25, 0.3) is 0 Å². The fraction of sp³-hybridized carbons (Fsp3) is 0.391. The molecule has 1 amide bonds. The number of aryl methyl sites for hydroxylation is 1. The number of hydrogen-bond acceptors (Lipinski definition) is 6. The number of likely N-dealkylation sites (tertiary alicyclic amines) is 1. The lowest BCUT2D eigenvalue weighted by Crippen LogP contribution is -2.48. The van der Waals surface area contributed by atoms with Crippen molar-refractivity contribution in [2.45, 2.75) is 25.2 Å². The minimum atomic E-state index is -1.44. The van der Waals surface area contributed by atoms with Crippen molar-refractivity contribution in [2.75, 3.05) is 33.5 Å². The molecule has 0 unspecified atom stereocenters. The standard InChI is InChI=1S/C23H22F3N7O3/c1-36-22-21-14(13-8-15(25)20-18(9-13)32(7-4-24)12-27-20)2-6-33(21)30-23(29-22)28-17-3-5-31(10-16(17)26)19(35)11-34/h8-9,12,16-17,34H,3-5,7,10-11H2,1H3,(H,28,30)/t16-,17+/m1/s1. The van der Waals surface area contributed by atoms with Gasteiger partial charge in [0, 0.05) is 12.7 Å². The minimum Gasteiger partial charge on any atom is -0.479 e. The number of methoxy groups -OCH3 is 1. The Labute approximate surface area is 202 Å². The number of fused-ring (bicyclic) bond motifs is 2. The van der Waals surface area contributed by atoms with Gasteiger partial charge in [-0.2, -0.15) is 4.98 Å². The molecule has 10 nitrogen and oxygen atoms in total. The molecule has 4 aromatic rings. The molecule has 0 spiro atoms. The second-order valence-electron chi connectivity index (χ2n) is 8.30. The summed E-state index contributed by atoms with van der Waals surface area (Å²) in [6.07, 6.45) is 3.06. The van der Waals surface area contributed by atoms with E-state index in [1.807, 2.05) is 0 Å². The van der Waals surface area contributed by atoms with Crippen LogP contribution in [0.25, 0.3) is 27.7 Å². The smallest absolute Gasteiger partial charge is 0.248 e. The molecular weight excluding hydrogens is 479 g/mol. The van der Waals surface area contributed by atoms with E-state index in [-0.39, 0.29) is 43.1 Å². The number of aromatic nitrogens is 5. The molecule has 13 heteroatoms. The average molecular weight is 501 g/mol.